The van der Waals surface area contributed by atoms with Gasteiger partial charge in [0, 0.05) is 5.69 Å². The van der Waals surface area contributed by atoms with E-state index in [0.29, 0.717) is 6.07 Å². The van der Waals surface area contributed by atoms with Gasteiger partial charge in [0.25, 0.3) is 0 Å². The number of urea groups is 1. The predicted molar refractivity (Wildman–Crippen MR) is 62.4 cm³/mol. The SMILES string of the molecule is N#Cc1ccc(NCC(=O)NC(N)=O)cc1C(F)(F)F. The van der Waals surface area contributed by atoms with Crippen molar-refractivity contribution < 1.29 is 22.8 Å². The van der Waals surface area contributed by atoms with Crippen LogP contribution in [0.15, 0.2) is 18.2 Å². The second kappa shape index (κ2) is 5.92. The number of carbonyl (C=O) groups is 2. The number of nitrogens with one attached hydrogen (secondary N) is 2. The van der Waals surface area contributed by atoms with E-state index in [1.165, 1.54) is 12.1 Å². The first-order valence-corrected chi connectivity index (χ1v) is 5.18. The first-order valence-electron chi connectivity index (χ1n) is 5.18. The van der Waals surface area contributed by atoms with Crippen LogP contribution in [0.2, 0.25) is 0 Å². The van der Waals surface area contributed by atoms with Gasteiger partial charge in [-0.15, -0.1) is 0 Å². The standard InChI is InChI=1S/C11H9F3N4O2/c12-11(13,14)8-3-7(2-1-6(8)4-15)17-5-9(19)18-10(16)20/h1-3,17H,5H2,(H3,16,18,19,20). The maximum absolute atomic E-state index is 12.7. The quantitative estimate of drug-likeness (QED) is 0.775. The third-order valence-electron chi connectivity index (χ3n) is 2.16. The molecule has 0 heterocycles. The first kappa shape index (κ1) is 15.3. The van der Waals surface area contributed by atoms with E-state index in [9.17, 15) is 22.8 Å². The van der Waals surface area contributed by atoms with Gasteiger partial charge >= 0.3 is 12.2 Å². The molecule has 1 aromatic carbocycles. The Balaban J connectivity index is 2.86. The Morgan fingerprint density at radius 3 is 2.50 bits per heavy atom. The number of hydrogen-bond donors (Lipinski definition) is 3. The number of carbonyl (C=O) groups excluding carboxylic acids is 2. The van der Waals surface area contributed by atoms with E-state index in [1.807, 2.05) is 0 Å². The van der Waals surface area contributed by atoms with Crippen LogP contribution >= 0.6 is 0 Å². The topological polar surface area (TPSA) is 108 Å². The molecule has 4 N–H and O–H groups in total. The van der Waals surface area contributed by atoms with Crippen LogP contribution in [0.25, 0.3) is 0 Å². The van der Waals surface area contributed by atoms with Gasteiger partial charge in [-0.2, -0.15) is 18.4 Å². The Morgan fingerprint density at radius 2 is 2.00 bits per heavy atom. The lowest BCUT2D eigenvalue weighted by Gasteiger charge is -2.11. The van der Waals surface area contributed by atoms with Crippen LogP contribution in [0.1, 0.15) is 11.1 Å². The molecule has 0 radical (unpaired) electrons. The third-order valence-corrected chi connectivity index (χ3v) is 2.16. The molecule has 0 saturated carbocycles. The zero-order valence-electron chi connectivity index (χ0n) is 9.91. The van der Waals surface area contributed by atoms with E-state index in [2.05, 4.69) is 5.32 Å². The Morgan fingerprint density at radius 1 is 1.35 bits per heavy atom. The summed E-state index contributed by atoms with van der Waals surface area (Å²) in [4.78, 5) is 21.5. The van der Waals surface area contributed by atoms with Crippen LogP contribution in [0.4, 0.5) is 23.7 Å². The molecule has 3 amide bonds. The Bertz CT molecular complexity index is 578. The summed E-state index contributed by atoms with van der Waals surface area (Å²) < 4.78 is 38.0. The summed E-state index contributed by atoms with van der Waals surface area (Å²) in [6.45, 7) is -0.438. The van der Waals surface area contributed by atoms with Gasteiger partial charge in [-0.1, -0.05) is 0 Å². The maximum Gasteiger partial charge on any atom is 0.417 e. The van der Waals surface area contributed by atoms with Gasteiger partial charge in [-0.05, 0) is 18.2 Å². The minimum absolute atomic E-state index is 0.0176. The highest BCUT2D eigenvalue weighted by Crippen LogP contribution is 2.33. The Kier molecular flexibility index (Phi) is 4.53. The van der Waals surface area contributed by atoms with Crippen molar-refractivity contribution in [2.75, 3.05) is 11.9 Å². The molecule has 0 aliphatic rings. The molecule has 0 aliphatic heterocycles. The van der Waals surface area contributed by atoms with Crippen LogP contribution in [0.3, 0.4) is 0 Å². The molecule has 0 bridgehead atoms. The number of nitrogens with zero attached hydrogens (tertiary/aromatic N) is 1. The zero-order chi connectivity index (χ0) is 15.3. The molecule has 1 rings (SSSR count). The lowest BCUT2D eigenvalue weighted by Crippen LogP contribution is -2.38. The van der Waals surface area contributed by atoms with Crippen molar-refractivity contribution in [1.29, 1.82) is 5.26 Å². The Hall–Kier alpha value is -2.76. The maximum atomic E-state index is 12.7. The van der Waals surface area contributed by atoms with Crippen molar-refractivity contribution in [3.8, 4) is 6.07 Å². The molecule has 0 aromatic heterocycles. The van der Waals surface area contributed by atoms with E-state index in [-0.39, 0.29) is 5.69 Å². The summed E-state index contributed by atoms with van der Waals surface area (Å²) >= 11 is 0. The zero-order valence-corrected chi connectivity index (χ0v) is 9.91. The molecule has 9 heteroatoms. The summed E-state index contributed by atoms with van der Waals surface area (Å²) in [5, 5.41) is 12.7. The predicted octanol–water partition coefficient (Wildman–Crippen LogP) is 1.18. The van der Waals surface area contributed by atoms with Crippen LogP contribution in [-0.4, -0.2) is 18.5 Å². The number of alkyl halides is 3. The number of nitriles is 1. The van der Waals surface area contributed by atoms with Gasteiger partial charge < -0.3 is 11.1 Å². The van der Waals surface area contributed by atoms with E-state index in [1.54, 1.807) is 5.32 Å². The van der Waals surface area contributed by atoms with Gasteiger partial charge in [0.15, 0.2) is 0 Å². The van der Waals surface area contributed by atoms with Crippen LogP contribution in [0.5, 0.6) is 0 Å². The fourth-order valence-electron chi connectivity index (χ4n) is 1.35. The van der Waals surface area contributed by atoms with Crippen LogP contribution in [-0.2, 0) is 11.0 Å². The molecule has 0 saturated heterocycles. The van der Waals surface area contributed by atoms with Crippen molar-refractivity contribution in [2.24, 2.45) is 5.73 Å². The van der Waals surface area contributed by atoms with Crippen LogP contribution < -0.4 is 16.4 Å². The molecule has 0 spiro atoms. The molecule has 0 fully saturated rings. The van der Waals surface area contributed by atoms with Crippen molar-refractivity contribution in [3.63, 3.8) is 0 Å². The minimum Gasteiger partial charge on any atom is -0.376 e. The number of nitrogens with two attached hydrogens (primary N) is 1. The fraction of sp³-hybridized carbons (Fsp3) is 0.182. The largest absolute Gasteiger partial charge is 0.417 e. The molecule has 1 aromatic rings. The van der Waals surface area contributed by atoms with E-state index in [4.69, 9.17) is 11.0 Å². The molecule has 106 valence electrons. The molecule has 0 unspecified atom stereocenters. The number of amides is 3. The number of anilines is 1. The first-order chi connectivity index (χ1) is 9.24. The lowest BCUT2D eigenvalue weighted by molar-refractivity contribution is -0.137. The highest BCUT2D eigenvalue weighted by molar-refractivity contribution is 5.95. The highest BCUT2D eigenvalue weighted by Gasteiger charge is 2.33. The number of primary amides is 1. The smallest absolute Gasteiger partial charge is 0.376 e. The molecule has 20 heavy (non-hydrogen) atoms. The summed E-state index contributed by atoms with van der Waals surface area (Å²) in [6.07, 6.45) is -4.68. The van der Waals surface area contributed by atoms with E-state index in [0.717, 1.165) is 6.07 Å². The number of imide groups is 1. The second-order valence-corrected chi connectivity index (χ2v) is 3.64. The van der Waals surface area contributed by atoms with Gasteiger partial charge in [-0.25, -0.2) is 4.79 Å². The van der Waals surface area contributed by atoms with Crippen molar-refractivity contribution in [1.82, 2.24) is 5.32 Å². The summed E-state index contributed by atoms with van der Waals surface area (Å²) in [7, 11) is 0. The van der Waals surface area contributed by atoms with Crippen molar-refractivity contribution >= 4 is 17.6 Å². The van der Waals surface area contributed by atoms with E-state index < -0.39 is 35.8 Å². The van der Waals surface area contributed by atoms with Crippen LogP contribution in [0, 0.1) is 11.3 Å². The van der Waals surface area contributed by atoms with Gasteiger partial charge in [0.05, 0.1) is 23.7 Å². The highest BCUT2D eigenvalue weighted by atomic mass is 19.4. The minimum atomic E-state index is -4.68. The number of hydrogen-bond acceptors (Lipinski definition) is 4. The fourth-order valence-corrected chi connectivity index (χ4v) is 1.35. The molecule has 0 atom stereocenters. The summed E-state index contributed by atoms with van der Waals surface area (Å²) in [5.41, 5.74) is 3.05. The van der Waals surface area contributed by atoms with Gasteiger partial charge in [-0.3, -0.25) is 10.1 Å². The van der Waals surface area contributed by atoms with E-state index >= 15 is 0 Å². The second-order valence-electron chi connectivity index (χ2n) is 3.64. The normalized spacial score (nSPS) is 10.5. The molecular weight excluding hydrogens is 277 g/mol. The molecule has 6 nitrogen and oxygen atoms in total. The third kappa shape index (κ3) is 4.16. The molecule has 0 aliphatic carbocycles. The van der Waals surface area contributed by atoms with Gasteiger partial charge in [0.2, 0.25) is 5.91 Å². The molecular formula is C11H9F3N4O2. The van der Waals surface area contributed by atoms with Crippen molar-refractivity contribution in [2.45, 2.75) is 6.18 Å². The average molecular weight is 286 g/mol. The number of benzene rings is 1. The Labute approximate surface area is 111 Å². The lowest BCUT2D eigenvalue weighted by atomic mass is 10.1. The summed E-state index contributed by atoms with van der Waals surface area (Å²) in [5.74, 6) is -0.796. The average Bonchev–Trinajstić information content (AvgIpc) is 2.34. The van der Waals surface area contributed by atoms with Gasteiger partial charge in [0.1, 0.15) is 0 Å². The monoisotopic (exact) mass is 286 g/mol. The number of halogens is 3. The number of rotatable bonds is 3. The summed E-state index contributed by atoms with van der Waals surface area (Å²) in [6, 6.07) is 3.27. The van der Waals surface area contributed by atoms with Crippen molar-refractivity contribution in [3.05, 3.63) is 29.3 Å².